The van der Waals surface area contributed by atoms with Gasteiger partial charge in [0.2, 0.25) is 0 Å². The van der Waals surface area contributed by atoms with Gasteiger partial charge in [0.05, 0.1) is 17.1 Å². The first kappa shape index (κ1) is 30.1. The first-order valence-corrected chi connectivity index (χ1v) is 15.1. The van der Waals surface area contributed by atoms with Crippen molar-refractivity contribution in [3.05, 3.63) is 157 Å². The fraction of sp³-hybridized carbons (Fsp3) is 0.0976. The van der Waals surface area contributed by atoms with Gasteiger partial charge in [0, 0.05) is 29.1 Å². The summed E-state index contributed by atoms with van der Waals surface area (Å²) in [6, 6.07) is 42.1. The van der Waals surface area contributed by atoms with Crippen molar-refractivity contribution in [2.45, 2.75) is 27.7 Å². The number of pyridine rings is 2. The fourth-order valence-corrected chi connectivity index (χ4v) is 5.11. The molecule has 2 aromatic heterocycles. The molecule has 0 saturated carbocycles. The molecule has 0 aliphatic carbocycles. The molecule has 1 N–H and O–H groups in total. The lowest BCUT2D eigenvalue weighted by Crippen LogP contribution is -1.94. The molecule has 4 aromatic carbocycles. The van der Waals surface area contributed by atoms with Crippen LogP contribution in [0.1, 0.15) is 31.9 Å². The summed E-state index contributed by atoms with van der Waals surface area (Å²) in [6.07, 6.45) is 7.58. The number of aryl methyl sites for hydroxylation is 1. The van der Waals surface area contributed by atoms with E-state index in [1.807, 2.05) is 75.6 Å². The van der Waals surface area contributed by atoms with Crippen molar-refractivity contribution in [1.82, 2.24) is 9.97 Å². The Morgan fingerprint density at radius 2 is 1.11 bits per heavy atom. The zero-order chi connectivity index (χ0) is 30.9. The minimum absolute atomic E-state index is 0.509. The lowest BCUT2D eigenvalue weighted by atomic mass is 9.90. The second-order valence-electron chi connectivity index (χ2n) is 10.3. The maximum atomic E-state index is 8.24. The third-order valence-corrected chi connectivity index (χ3v) is 7.43. The molecule has 0 aliphatic rings. The number of hydrogen-bond donors (Lipinski definition) is 1. The summed E-state index contributed by atoms with van der Waals surface area (Å²) in [5, 5.41) is 8.24. The SMILES string of the molecule is C/C=C\C(=N)c1ccc(-c2ccc(-c3ccc(-c4ccccc4)nc3)c(-c3ccc(-c4ccc(C)cn4)cc3)c2)cc1.CC. The minimum atomic E-state index is 0.509. The van der Waals surface area contributed by atoms with Crippen molar-refractivity contribution in [2.75, 3.05) is 0 Å². The number of rotatable bonds is 7. The van der Waals surface area contributed by atoms with Gasteiger partial charge in [-0.15, -0.1) is 0 Å². The van der Waals surface area contributed by atoms with Crippen LogP contribution in [0.5, 0.6) is 0 Å². The summed E-state index contributed by atoms with van der Waals surface area (Å²) >= 11 is 0. The normalized spacial score (nSPS) is 10.7. The summed E-state index contributed by atoms with van der Waals surface area (Å²) in [6.45, 7) is 7.98. The van der Waals surface area contributed by atoms with E-state index in [4.69, 9.17) is 10.4 Å². The highest BCUT2D eigenvalue weighted by atomic mass is 14.7. The van der Waals surface area contributed by atoms with Gasteiger partial charge in [-0.2, -0.15) is 0 Å². The van der Waals surface area contributed by atoms with Crippen LogP contribution in [0.25, 0.3) is 55.9 Å². The van der Waals surface area contributed by atoms with Crippen molar-refractivity contribution in [2.24, 2.45) is 0 Å². The van der Waals surface area contributed by atoms with Gasteiger partial charge in [-0.3, -0.25) is 9.97 Å². The molecule has 0 radical (unpaired) electrons. The Kier molecular flexibility index (Phi) is 9.68. The lowest BCUT2D eigenvalue weighted by molar-refractivity contribution is 1.27. The second kappa shape index (κ2) is 14.2. The number of nitrogens with zero attached hydrogens (tertiary/aromatic N) is 2. The van der Waals surface area contributed by atoms with Gasteiger partial charge in [-0.05, 0) is 77.1 Å². The molecule has 44 heavy (non-hydrogen) atoms. The topological polar surface area (TPSA) is 49.6 Å². The Hall–Kier alpha value is -5.41. The Balaban J connectivity index is 0.00000188. The minimum Gasteiger partial charge on any atom is -0.300 e. The van der Waals surface area contributed by atoms with E-state index in [0.29, 0.717) is 5.71 Å². The molecule has 0 saturated heterocycles. The number of hydrogen-bond acceptors (Lipinski definition) is 3. The van der Waals surface area contributed by atoms with Gasteiger partial charge in [0.25, 0.3) is 0 Å². The highest BCUT2D eigenvalue weighted by molar-refractivity contribution is 6.06. The molecule has 3 nitrogen and oxygen atoms in total. The monoisotopic (exact) mass is 571 g/mol. The standard InChI is InChI=1S/C39H31N3.C2H6/c1-3-7-37(40)30-15-11-28(12-16-30)33-19-21-35(34-20-23-39(42-26-34)31-8-5-4-6-9-31)36(24-33)29-13-17-32(18-14-29)38-22-10-27(2)25-41-38;1-2/h3-26,40H,1-2H3;1-2H3/b7-3-,40-37?;. The molecule has 0 spiro atoms. The highest BCUT2D eigenvalue weighted by Crippen LogP contribution is 2.37. The largest absolute Gasteiger partial charge is 0.300 e. The van der Waals surface area contributed by atoms with E-state index in [1.54, 1.807) is 0 Å². The molecule has 0 bridgehead atoms. The molecule has 0 atom stereocenters. The molecule has 6 rings (SSSR count). The van der Waals surface area contributed by atoms with Crippen LogP contribution in [0.3, 0.4) is 0 Å². The number of aromatic nitrogens is 2. The smallest absolute Gasteiger partial charge is 0.0702 e. The molecule has 3 heteroatoms. The van der Waals surface area contributed by atoms with Gasteiger partial charge < -0.3 is 5.41 Å². The molecular formula is C41H37N3. The van der Waals surface area contributed by atoms with Gasteiger partial charge >= 0.3 is 0 Å². The Bertz CT molecular complexity index is 1850. The Morgan fingerprint density at radius 3 is 1.73 bits per heavy atom. The van der Waals surface area contributed by atoms with Crippen molar-refractivity contribution < 1.29 is 0 Å². The third kappa shape index (κ3) is 6.79. The first-order chi connectivity index (χ1) is 21.6. The first-order valence-electron chi connectivity index (χ1n) is 15.1. The predicted octanol–water partition coefficient (Wildman–Crippen LogP) is 11.1. The molecule has 2 heterocycles. The van der Waals surface area contributed by atoms with E-state index >= 15 is 0 Å². The van der Waals surface area contributed by atoms with E-state index in [0.717, 1.165) is 67.0 Å². The summed E-state index contributed by atoms with van der Waals surface area (Å²) in [4.78, 5) is 9.42. The third-order valence-electron chi connectivity index (χ3n) is 7.43. The molecule has 216 valence electrons. The summed E-state index contributed by atoms with van der Waals surface area (Å²) < 4.78 is 0. The van der Waals surface area contributed by atoms with Crippen LogP contribution in [0, 0.1) is 12.3 Å². The van der Waals surface area contributed by atoms with Crippen molar-refractivity contribution in [3.8, 4) is 55.9 Å². The molecule has 0 unspecified atom stereocenters. The van der Waals surface area contributed by atoms with E-state index in [-0.39, 0.29) is 0 Å². The molecule has 6 aromatic rings. The van der Waals surface area contributed by atoms with Gasteiger partial charge in [0.15, 0.2) is 0 Å². The Labute approximate surface area is 261 Å². The maximum Gasteiger partial charge on any atom is 0.0702 e. The van der Waals surface area contributed by atoms with Crippen molar-refractivity contribution >= 4 is 5.71 Å². The quantitative estimate of drug-likeness (QED) is 0.194. The molecule has 0 fully saturated rings. The van der Waals surface area contributed by atoms with Crippen molar-refractivity contribution in [1.29, 1.82) is 5.41 Å². The van der Waals surface area contributed by atoms with E-state index in [1.165, 1.54) is 0 Å². The number of benzene rings is 4. The van der Waals surface area contributed by atoms with Crippen LogP contribution in [0.2, 0.25) is 0 Å². The maximum absolute atomic E-state index is 8.24. The van der Waals surface area contributed by atoms with Gasteiger partial charge in [-0.25, -0.2) is 0 Å². The number of nitrogens with one attached hydrogen (secondary N) is 1. The zero-order valence-electron chi connectivity index (χ0n) is 25.8. The van der Waals surface area contributed by atoms with E-state index in [9.17, 15) is 0 Å². The van der Waals surface area contributed by atoms with E-state index in [2.05, 4.69) is 103 Å². The molecular weight excluding hydrogens is 534 g/mol. The average Bonchev–Trinajstić information content (AvgIpc) is 3.10. The number of allylic oxidation sites excluding steroid dienone is 2. The summed E-state index contributed by atoms with van der Waals surface area (Å²) in [5.74, 6) is 0. The van der Waals surface area contributed by atoms with Crippen LogP contribution >= 0.6 is 0 Å². The van der Waals surface area contributed by atoms with Gasteiger partial charge in [0.1, 0.15) is 0 Å². The van der Waals surface area contributed by atoms with Gasteiger partial charge in [-0.1, -0.05) is 123 Å². The highest BCUT2D eigenvalue weighted by Gasteiger charge is 2.12. The van der Waals surface area contributed by atoms with Crippen molar-refractivity contribution in [3.63, 3.8) is 0 Å². The zero-order valence-corrected chi connectivity index (χ0v) is 25.8. The van der Waals surface area contributed by atoms with Crippen LogP contribution in [-0.2, 0) is 0 Å². The van der Waals surface area contributed by atoms with Crippen LogP contribution in [0.4, 0.5) is 0 Å². The molecule has 0 amide bonds. The Morgan fingerprint density at radius 1 is 0.545 bits per heavy atom. The summed E-state index contributed by atoms with van der Waals surface area (Å²) in [7, 11) is 0. The van der Waals surface area contributed by atoms with E-state index < -0.39 is 0 Å². The molecule has 0 aliphatic heterocycles. The van der Waals surface area contributed by atoms with Crippen LogP contribution < -0.4 is 0 Å². The second-order valence-corrected chi connectivity index (χ2v) is 10.3. The van der Waals surface area contributed by atoms with Crippen LogP contribution in [-0.4, -0.2) is 15.7 Å². The van der Waals surface area contributed by atoms with Crippen LogP contribution in [0.15, 0.2) is 146 Å². The lowest BCUT2D eigenvalue weighted by Gasteiger charge is -2.14. The average molecular weight is 572 g/mol. The fourth-order valence-electron chi connectivity index (χ4n) is 5.11. The predicted molar refractivity (Wildman–Crippen MR) is 187 cm³/mol. The summed E-state index contributed by atoms with van der Waals surface area (Å²) in [5.41, 5.74) is 13.3.